The van der Waals surface area contributed by atoms with E-state index in [2.05, 4.69) is 9.88 Å². The van der Waals surface area contributed by atoms with E-state index < -0.39 is 36.4 Å². The van der Waals surface area contributed by atoms with Crippen molar-refractivity contribution in [3.63, 3.8) is 0 Å². The highest BCUT2D eigenvalue weighted by atomic mass is 35.5. The Morgan fingerprint density at radius 2 is 1.46 bits per heavy atom. The average molecular weight is 593 g/mol. The molecule has 0 aliphatic carbocycles. The highest BCUT2D eigenvalue weighted by Gasteiger charge is 2.40. The molecule has 0 bridgehead atoms. The minimum atomic E-state index is -2.74. The summed E-state index contributed by atoms with van der Waals surface area (Å²) in [5, 5.41) is 34.2. The van der Waals surface area contributed by atoms with E-state index in [1.165, 1.54) is 6.07 Å². The number of halogens is 2. The van der Waals surface area contributed by atoms with Crippen molar-refractivity contribution in [3.8, 4) is 11.5 Å². The fraction of sp³-hybridized carbons (Fsp3) is 0.286. The van der Waals surface area contributed by atoms with Crippen LogP contribution in [0, 0.1) is 5.82 Å². The summed E-state index contributed by atoms with van der Waals surface area (Å²) < 4.78 is 25.1. The molecule has 0 aliphatic rings. The van der Waals surface area contributed by atoms with E-state index in [4.69, 9.17) is 41.5 Å². The van der Waals surface area contributed by atoms with Gasteiger partial charge in [-0.1, -0.05) is 23.7 Å². The molecule has 0 unspecified atom stereocenters. The fourth-order valence-electron chi connectivity index (χ4n) is 3.77. The molecule has 0 atom stereocenters. The van der Waals surface area contributed by atoms with Gasteiger partial charge in [0.15, 0.2) is 17.1 Å². The Kier molecular flexibility index (Phi) is 12.5. The minimum absolute atomic E-state index is 0.306. The van der Waals surface area contributed by atoms with E-state index in [-0.39, 0.29) is 5.82 Å². The van der Waals surface area contributed by atoms with Crippen LogP contribution in [0.15, 0.2) is 60.9 Å². The Hall–Kier alpha value is -4.26. The summed E-state index contributed by atoms with van der Waals surface area (Å²) in [5.41, 5.74) is -0.140. The maximum Gasteiger partial charge on any atom is 0.336 e. The first-order chi connectivity index (χ1) is 19.4. The first kappa shape index (κ1) is 32.9. The smallest absolute Gasteiger partial charge is 0.336 e. The zero-order valence-corrected chi connectivity index (χ0v) is 23.0. The summed E-state index contributed by atoms with van der Waals surface area (Å²) in [5.74, 6) is -3.99. The van der Waals surface area contributed by atoms with Gasteiger partial charge >= 0.3 is 17.9 Å². The first-order valence-electron chi connectivity index (χ1n) is 12.0. The topological polar surface area (TPSA) is 167 Å². The third-order valence-corrected chi connectivity index (χ3v) is 6.09. The fourth-order valence-corrected chi connectivity index (χ4v) is 4.00. The van der Waals surface area contributed by atoms with Gasteiger partial charge in [0, 0.05) is 42.6 Å². The van der Waals surface area contributed by atoms with Crippen molar-refractivity contribution in [2.45, 2.75) is 38.1 Å². The highest BCUT2D eigenvalue weighted by molar-refractivity contribution is 6.31. The van der Waals surface area contributed by atoms with Crippen LogP contribution in [0.25, 0.3) is 0 Å². The van der Waals surface area contributed by atoms with Crippen molar-refractivity contribution in [2.24, 2.45) is 0 Å². The molecule has 0 aliphatic heterocycles. The van der Waals surface area contributed by atoms with Gasteiger partial charge in [-0.2, -0.15) is 0 Å². The van der Waals surface area contributed by atoms with Crippen LogP contribution in [0.1, 0.15) is 29.5 Å². The average Bonchev–Trinajstić information content (AvgIpc) is 2.90. The van der Waals surface area contributed by atoms with E-state index in [1.54, 1.807) is 38.7 Å². The number of rotatable bonds is 13. The van der Waals surface area contributed by atoms with Gasteiger partial charge < -0.3 is 29.9 Å². The van der Waals surface area contributed by atoms with Crippen LogP contribution in [-0.4, -0.2) is 68.0 Å². The third kappa shape index (κ3) is 10.3. The van der Waals surface area contributed by atoms with Crippen molar-refractivity contribution in [1.82, 2.24) is 9.88 Å². The molecule has 1 heterocycles. The molecule has 0 fully saturated rings. The summed E-state index contributed by atoms with van der Waals surface area (Å²) in [6.45, 7) is 1.59. The van der Waals surface area contributed by atoms with Crippen LogP contribution in [0.3, 0.4) is 0 Å². The van der Waals surface area contributed by atoms with Gasteiger partial charge in [0.2, 0.25) is 0 Å². The number of carboxylic acid groups (broad SMARTS) is 3. The van der Waals surface area contributed by atoms with Crippen LogP contribution in [0.5, 0.6) is 11.5 Å². The number of methoxy groups -OCH3 is 2. The maximum atomic E-state index is 14.3. The minimum Gasteiger partial charge on any atom is -0.493 e. The molecule has 3 rings (SSSR count). The molecule has 0 amide bonds. The predicted octanol–water partition coefficient (Wildman–Crippen LogP) is 3.85. The Morgan fingerprint density at radius 3 is 1.98 bits per heavy atom. The molecule has 13 heteroatoms. The lowest BCUT2D eigenvalue weighted by molar-refractivity contribution is -0.170. The second-order valence-electron chi connectivity index (χ2n) is 8.87. The van der Waals surface area contributed by atoms with Crippen LogP contribution >= 0.6 is 11.6 Å². The Balaban J connectivity index is 0.000000383. The number of benzene rings is 2. The van der Waals surface area contributed by atoms with Gasteiger partial charge in [0.1, 0.15) is 5.82 Å². The zero-order chi connectivity index (χ0) is 30.6. The number of aromatic nitrogens is 1. The number of ether oxygens (including phenoxy) is 2. The lowest BCUT2D eigenvalue weighted by Gasteiger charge is -2.24. The Labute approximate surface area is 240 Å². The molecule has 41 heavy (non-hydrogen) atoms. The molecular weight excluding hydrogens is 563 g/mol. The molecule has 0 radical (unpaired) electrons. The Morgan fingerprint density at radius 1 is 0.878 bits per heavy atom. The van der Waals surface area contributed by atoms with Gasteiger partial charge in [-0.15, -0.1) is 0 Å². The highest BCUT2D eigenvalue weighted by Crippen LogP contribution is 2.29. The number of aliphatic carboxylic acids is 3. The molecule has 0 saturated carbocycles. The van der Waals surface area contributed by atoms with Crippen molar-refractivity contribution >= 4 is 29.5 Å². The number of carbonyl (C=O) groups is 3. The van der Waals surface area contributed by atoms with Gasteiger partial charge in [-0.25, -0.2) is 9.18 Å². The summed E-state index contributed by atoms with van der Waals surface area (Å²) in [4.78, 5) is 36.7. The second-order valence-corrected chi connectivity index (χ2v) is 9.28. The molecule has 2 aromatic carbocycles. The van der Waals surface area contributed by atoms with Crippen molar-refractivity contribution in [2.75, 3.05) is 14.2 Å². The SMILES string of the molecule is COc1ccc(CN(Cc2ccncc2)Cc2c(F)cccc2Cl)cc1OC.O=C(O)CC(O)(CC(=O)O)C(=O)O. The monoisotopic (exact) mass is 592 g/mol. The summed E-state index contributed by atoms with van der Waals surface area (Å²) in [7, 11) is 3.21. The lowest BCUT2D eigenvalue weighted by atomic mass is 9.96. The summed E-state index contributed by atoms with van der Waals surface area (Å²) >= 11 is 6.25. The van der Waals surface area contributed by atoms with E-state index >= 15 is 0 Å². The van der Waals surface area contributed by atoms with Gasteiger partial charge in [-0.3, -0.25) is 19.5 Å². The van der Waals surface area contributed by atoms with E-state index in [0.29, 0.717) is 41.7 Å². The quantitative estimate of drug-likeness (QED) is 0.228. The number of pyridine rings is 1. The van der Waals surface area contributed by atoms with Gasteiger partial charge in [0.25, 0.3) is 0 Å². The molecular formula is C28H30ClFN2O9. The predicted molar refractivity (Wildman–Crippen MR) is 145 cm³/mol. The normalized spacial score (nSPS) is 10.9. The molecule has 3 aromatic rings. The number of aliphatic hydroxyl groups is 1. The number of hydrogen-bond donors (Lipinski definition) is 4. The van der Waals surface area contributed by atoms with Crippen LogP contribution in [0.2, 0.25) is 5.02 Å². The van der Waals surface area contributed by atoms with Crippen LogP contribution in [-0.2, 0) is 34.0 Å². The van der Waals surface area contributed by atoms with Gasteiger partial charge in [0.05, 0.1) is 27.1 Å². The molecule has 4 N–H and O–H groups in total. The van der Waals surface area contributed by atoms with Crippen molar-refractivity contribution in [1.29, 1.82) is 0 Å². The van der Waals surface area contributed by atoms with E-state index in [0.717, 1.165) is 11.1 Å². The van der Waals surface area contributed by atoms with Crippen molar-refractivity contribution < 1.29 is 48.7 Å². The first-order valence-corrected chi connectivity index (χ1v) is 12.4. The second kappa shape index (κ2) is 15.5. The molecule has 220 valence electrons. The van der Waals surface area contributed by atoms with E-state index in [1.807, 2.05) is 30.3 Å². The molecule has 1 aromatic heterocycles. The van der Waals surface area contributed by atoms with E-state index in [9.17, 15) is 18.8 Å². The Bertz CT molecular complexity index is 1310. The molecule has 0 spiro atoms. The largest absolute Gasteiger partial charge is 0.493 e. The van der Waals surface area contributed by atoms with Gasteiger partial charge in [-0.05, 0) is 47.5 Å². The summed E-state index contributed by atoms with van der Waals surface area (Å²) in [6, 6.07) is 14.4. The van der Waals surface area contributed by atoms with Crippen LogP contribution < -0.4 is 9.47 Å². The third-order valence-electron chi connectivity index (χ3n) is 5.74. The number of nitrogens with zero attached hydrogens (tertiary/aromatic N) is 2. The maximum absolute atomic E-state index is 14.3. The lowest BCUT2D eigenvalue weighted by Crippen LogP contribution is -2.42. The zero-order valence-electron chi connectivity index (χ0n) is 22.3. The molecule has 0 saturated heterocycles. The summed E-state index contributed by atoms with van der Waals surface area (Å²) in [6.07, 6.45) is 1.21. The van der Waals surface area contributed by atoms with Crippen molar-refractivity contribution in [3.05, 3.63) is 88.5 Å². The number of carboxylic acids is 3. The van der Waals surface area contributed by atoms with Crippen LogP contribution in [0.4, 0.5) is 4.39 Å². The number of hydrogen-bond acceptors (Lipinski definition) is 8. The molecule has 11 nitrogen and oxygen atoms in total. The standard InChI is InChI=1S/C22H22ClFN2O2.C6H8O7/c1-27-21-7-6-17(12-22(21)28-2)14-26(13-16-8-10-25-11-9-16)15-18-19(23)4-3-5-20(18)24;7-3(8)1-6(13,5(11)12)2-4(9)10/h3-12H,13-15H2,1-2H3;13H,1-2H2,(H,7,8)(H,9,10)(H,11,12).